The maximum atomic E-state index is 13.7. The van der Waals surface area contributed by atoms with Gasteiger partial charge >= 0.3 is 6.09 Å². The number of carbonyl (C=O) groups excluding carboxylic acids is 13. The number of thioether (sulfide) groups is 2. The van der Waals surface area contributed by atoms with Gasteiger partial charge in [0.05, 0.1) is 65.1 Å². The quantitative estimate of drug-likeness (QED) is 0.0194. The lowest BCUT2D eigenvalue weighted by atomic mass is 10.1. The number of rotatable bonds is 30. The Morgan fingerprint density at radius 3 is 1.32 bits per heavy atom. The van der Waals surface area contributed by atoms with Gasteiger partial charge in [0.25, 0.3) is 53.2 Å². The van der Waals surface area contributed by atoms with Gasteiger partial charge in [-0.2, -0.15) is 0 Å². The number of nitrogens with zero attached hydrogens (tertiary/aromatic N) is 14. The number of carbonyl (C=O) groups is 13. The zero-order chi connectivity index (χ0) is 89.9. The molecular formula is C84H98N22O16S2. The Morgan fingerprint density at radius 1 is 0.484 bits per heavy atom. The third-order valence-corrected chi connectivity index (χ3v) is 21.3. The van der Waals surface area contributed by atoms with Crippen LogP contribution in [0.3, 0.4) is 0 Å². The fourth-order valence-electron chi connectivity index (χ4n) is 13.6. The minimum Gasteiger partial charge on any atom is -0.493 e. The molecule has 0 saturated carbocycles. The summed E-state index contributed by atoms with van der Waals surface area (Å²) < 4.78 is 29.2. The summed E-state index contributed by atoms with van der Waals surface area (Å²) in [5.41, 5.74) is 5.99. The number of methoxy groups -OCH3 is 1. The highest BCUT2D eigenvalue weighted by molar-refractivity contribution is 8.13. The molecule has 2 aromatic carbocycles. The molecule has 0 saturated heterocycles. The number of anilines is 9. The fourth-order valence-corrected chi connectivity index (χ4v) is 14.7. The first-order valence-electron chi connectivity index (χ1n) is 39.1. The molecule has 0 spiro atoms. The molecule has 11 amide bonds. The number of imidazole rings is 2. The van der Waals surface area contributed by atoms with Crippen LogP contribution in [0.4, 0.5) is 61.9 Å². The molecule has 40 heteroatoms. The van der Waals surface area contributed by atoms with Crippen molar-refractivity contribution in [2.24, 2.45) is 61.4 Å². The Morgan fingerprint density at radius 2 is 0.887 bits per heavy atom. The summed E-state index contributed by atoms with van der Waals surface area (Å²) in [6.45, 7) is 9.35. The number of nitrogens with one attached hydrogen (secondary N) is 8. The Hall–Kier alpha value is -14.2. The zero-order valence-electron chi connectivity index (χ0n) is 71.4. The third-order valence-electron chi connectivity index (χ3n) is 19.5. The molecule has 0 bridgehead atoms. The first-order valence-corrected chi connectivity index (χ1v) is 41.1. The topological polar surface area (TPSA) is 433 Å². The molecule has 10 aromatic rings. The first-order chi connectivity index (χ1) is 58.8. The smallest absolute Gasteiger partial charge is 0.412 e. The maximum absolute atomic E-state index is 13.7. The number of hydrogen-bond donors (Lipinski definition) is 8. The van der Waals surface area contributed by atoms with Crippen LogP contribution in [0.5, 0.6) is 11.5 Å². The molecule has 0 radical (unpaired) electrons. The molecule has 10 heterocycles. The van der Waals surface area contributed by atoms with Crippen LogP contribution in [0.1, 0.15) is 160 Å². The number of aliphatic imine (C=N–C) groups is 1. The van der Waals surface area contributed by atoms with Gasteiger partial charge < -0.3 is 97.8 Å². The van der Waals surface area contributed by atoms with Crippen molar-refractivity contribution in [2.45, 2.75) is 78.4 Å². The normalized spacial score (nSPS) is 12.5. The van der Waals surface area contributed by atoms with Crippen molar-refractivity contribution in [3.05, 3.63) is 179 Å². The highest BCUT2D eigenvalue weighted by Crippen LogP contribution is 2.41. The number of fused-ring (bicyclic) bond motifs is 4. The maximum Gasteiger partial charge on any atom is 0.412 e. The second kappa shape index (κ2) is 39.1. The van der Waals surface area contributed by atoms with Gasteiger partial charge in [0, 0.05) is 189 Å². The number of benzene rings is 2. The van der Waals surface area contributed by atoms with E-state index in [9.17, 15) is 62.3 Å². The minimum atomic E-state index is -0.687. The molecule has 1 unspecified atom stereocenters. The van der Waals surface area contributed by atoms with Crippen molar-refractivity contribution in [3.8, 4) is 11.5 Å². The van der Waals surface area contributed by atoms with Crippen LogP contribution in [0, 0.1) is 0 Å². The van der Waals surface area contributed by atoms with Crippen LogP contribution in [-0.4, -0.2) is 202 Å². The molecule has 8 N–H and O–H groups in total. The van der Waals surface area contributed by atoms with Gasteiger partial charge in [-0.15, -0.1) is 0 Å². The second-order valence-electron chi connectivity index (χ2n) is 30.5. The summed E-state index contributed by atoms with van der Waals surface area (Å²) in [5.74, 6) is -1.94. The van der Waals surface area contributed by atoms with E-state index in [2.05, 4.69) is 57.5 Å². The van der Waals surface area contributed by atoms with Gasteiger partial charge in [-0.05, 0) is 94.1 Å². The van der Waals surface area contributed by atoms with Crippen LogP contribution >= 0.6 is 23.5 Å². The predicted octanol–water partition coefficient (Wildman–Crippen LogP) is 10.3. The molecule has 12 rings (SSSR count). The molecule has 2 aliphatic rings. The minimum absolute atomic E-state index is 0.00614. The Labute approximate surface area is 721 Å². The average molecular weight is 1740 g/mol. The Bertz CT molecular complexity index is 5860. The van der Waals surface area contributed by atoms with Gasteiger partial charge in [0.2, 0.25) is 17.6 Å². The number of hydrogen-bond acceptors (Lipinski definition) is 21. The molecular weight excluding hydrogens is 1640 g/mol. The SMILES string of the molecule is CC(=O)SCCCN(C)C(=O)c1cc(NC(=O)c2cc(NC(=O)c3nc(NC(=O)c4cc(NC(=O)OC(C)(C)C)cn4C)cn3C)cn2C)cn1C.COc1cc2c(cc1OCCCC(=O)Nc1cc(C(=O)Nc3cn(C)c(C(=O)Nc4cc(C(=O)Nc5cc(C(=O)N(C)CCCSC(C)=O)n(C)c5)n(C)c4)n3)n(C)c1)N=CC1Cc3ccccc3N1C2=O. The van der Waals surface area contributed by atoms with E-state index in [0.29, 0.717) is 119 Å². The lowest BCUT2D eigenvalue weighted by molar-refractivity contribution is -0.116. The van der Waals surface area contributed by atoms with E-state index in [1.807, 2.05) is 24.3 Å². The summed E-state index contributed by atoms with van der Waals surface area (Å²) >= 11 is 2.43. The van der Waals surface area contributed by atoms with E-state index in [1.165, 1.54) is 94.8 Å². The molecule has 1 atom stereocenters. The van der Waals surface area contributed by atoms with Crippen molar-refractivity contribution >= 4 is 162 Å². The number of ether oxygens (including phenoxy) is 3. The summed E-state index contributed by atoms with van der Waals surface area (Å²) in [6, 6.07) is 20.1. The van der Waals surface area contributed by atoms with Gasteiger partial charge in [-0.25, -0.2) is 14.8 Å². The van der Waals surface area contributed by atoms with E-state index >= 15 is 0 Å². The lowest BCUT2D eigenvalue weighted by Crippen LogP contribution is -2.37. The Kier molecular flexibility index (Phi) is 28.6. The van der Waals surface area contributed by atoms with Gasteiger partial charge in [-0.3, -0.25) is 72.7 Å². The number of aryl methyl sites for hydroxylation is 8. The molecule has 8 aromatic heterocycles. The van der Waals surface area contributed by atoms with Crippen LogP contribution in [-0.2, 0) is 81.9 Å². The van der Waals surface area contributed by atoms with Gasteiger partial charge in [-0.1, -0.05) is 41.7 Å². The molecule has 0 fully saturated rings. The summed E-state index contributed by atoms with van der Waals surface area (Å²) in [4.78, 5) is 185. The monoisotopic (exact) mass is 1730 g/mol. The lowest BCUT2D eigenvalue weighted by Gasteiger charge is -2.22. The van der Waals surface area contributed by atoms with E-state index in [0.717, 1.165) is 11.3 Å². The molecule has 124 heavy (non-hydrogen) atoms. The van der Waals surface area contributed by atoms with Gasteiger partial charge in [0.15, 0.2) is 33.4 Å². The van der Waals surface area contributed by atoms with Gasteiger partial charge in [0.1, 0.15) is 39.8 Å². The van der Waals surface area contributed by atoms with Crippen molar-refractivity contribution < 1.29 is 76.5 Å². The van der Waals surface area contributed by atoms with E-state index < -0.39 is 47.1 Å². The van der Waals surface area contributed by atoms with Crippen molar-refractivity contribution in [1.82, 2.24) is 56.3 Å². The summed E-state index contributed by atoms with van der Waals surface area (Å²) in [7, 11) is 18.0. The summed E-state index contributed by atoms with van der Waals surface area (Å²) in [6.07, 6.45) is 16.1. The van der Waals surface area contributed by atoms with Crippen LogP contribution in [0.2, 0.25) is 0 Å². The highest BCUT2D eigenvalue weighted by Gasteiger charge is 2.37. The second-order valence-corrected chi connectivity index (χ2v) is 33.1. The molecule has 2 aliphatic heterocycles. The van der Waals surface area contributed by atoms with Crippen molar-refractivity contribution in [1.29, 1.82) is 0 Å². The summed E-state index contributed by atoms with van der Waals surface area (Å²) in [5, 5.41) is 21.9. The van der Waals surface area contributed by atoms with E-state index in [4.69, 9.17) is 14.2 Å². The molecule has 38 nitrogen and oxygen atoms in total. The molecule has 0 aliphatic carbocycles. The average Bonchev–Trinajstić information content (AvgIpc) is 1.60. The van der Waals surface area contributed by atoms with Crippen LogP contribution in [0.25, 0.3) is 0 Å². The van der Waals surface area contributed by atoms with E-state index in [-0.39, 0.29) is 99.0 Å². The first kappa shape index (κ1) is 90.6. The predicted molar refractivity (Wildman–Crippen MR) is 471 cm³/mol. The third kappa shape index (κ3) is 22.5. The zero-order valence-corrected chi connectivity index (χ0v) is 73.0. The number of amides is 11. The van der Waals surface area contributed by atoms with E-state index in [1.54, 1.807) is 196 Å². The highest BCUT2D eigenvalue weighted by atomic mass is 32.2. The largest absolute Gasteiger partial charge is 0.493 e. The van der Waals surface area contributed by atoms with Crippen LogP contribution in [0.15, 0.2) is 127 Å². The Balaban J connectivity index is 0.000000255. The van der Waals surface area contributed by atoms with Crippen molar-refractivity contribution in [2.75, 3.05) is 99.8 Å². The standard InChI is InChI=1S/C50H54N12O9S.C34H44N10O7S/c1-29(63)72-17-11-15-57(2)50(69)40-21-33(27-60(40)5)53-46(65)38-20-32(26-59(38)4)54-48(67)45-55-43(28-61(45)6)56-47(66)39-19-31(25-58(39)3)52-44(64)14-10-16-71-42-23-36-35(22-41(42)70-7)49(68)62-34(24-51-36)18-30-12-8-9-13-37(30)62;1-20(45)52-12-10-11-40(5)32(49)26-15-22(17-43(26)8)35-29(46)24-13-21(16-41(24)6)36-31(48)28-38-27(19-44(28)9)39-30(47)25-14-23(18-42(25)7)37-33(50)51-34(2,3)4/h8-9,12-13,19-28,34H,10-11,14-18H2,1-7H3,(H,52,64)(H,53,65)(H,54,67)(H,56,66);13-19H,10-12H2,1-9H3,(H,35,46)(H,36,48)(H,37,50)(H,39,47). The number of para-hydroxylation sites is 1. The molecule has 652 valence electrons. The number of aromatic nitrogens is 10. The van der Waals surface area contributed by atoms with Crippen molar-refractivity contribution in [3.63, 3.8) is 0 Å². The fraction of sp³-hybridized carbons (Fsp3) is 0.333. The van der Waals surface area contributed by atoms with Crippen LogP contribution < -0.4 is 56.9 Å².